The van der Waals surface area contributed by atoms with Crippen molar-refractivity contribution in [1.82, 2.24) is 0 Å². The van der Waals surface area contributed by atoms with Gasteiger partial charge in [-0.2, -0.15) is 0 Å². The van der Waals surface area contributed by atoms with Crippen LogP contribution in [0.5, 0.6) is 0 Å². The molecule has 0 aromatic carbocycles. The van der Waals surface area contributed by atoms with Crippen molar-refractivity contribution in [2.75, 3.05) is 13.9 Å². The molecule has 5 aliphatic rings. The van der Waals surface area contributed by atoms with Crippen molar-refractivity contribution in [2.45, 2.75) is 69.7 Å². The summed E-state index contributed by atoms with van der Waals surface area (Å²) in [6.07, 6.45) is 4.51. The summed E-state index contributed by atoms with van der Waals surface area (Å²) in [6, 6.07) is 0. The Hall–Kier alpha value is -1.17. The maximum atomic E-state index is 13.3. The third kappa shape index (κ3) is 1.87. The molecule has 0 aromatic heterocycles. The molecule has 1 N–H and O–H groups in total. The van der Waals surface area contributed by atoms with Crippen LogP contribution in [0.4, 0.5) is 0 Å². The van der Waals surface area contributed by atoms with Gasteiger partial charge in [-0.1, -0.05) is 18.7 Å². The first kappa shape index (κ1) is 18.8. The van der Waals surface area contributed by atoms with E-state index in [1.165, 1.54) is 0 Å². The Kier molecular flexibility index (Phi) is 3.70. The van der Waals surface area contributed by atoms with Gasteiger partial charge in [0.15, 0.2) is 0 Å². The van der Waals surface area contributed by atoms with Crippen LogP contribution in [-0.4, -0.2) is 42.3 Å². The van der Waals surface area contributed by atoms with Crippen molar-refractivity contribution >= 4 is 5.97 Å². The SMILES string of the molecule is C=C(C)C1[C@H]2[C@@]3(CC[C@H](OCOC)[C@@]2(C)C(=O)O3)[C@@H]2CC[C@]3(O)C[C@]12CC3=C. The summed E-state index contributed by atoms with van der Waals surface area (Å²) in [6.45, 7) is 12.9. The lowest BCUT2D eigenvalue weighted by atomic mass is 9.58. The van der Waals surface area contributed by atoms with Crippen molar-refractivity contribution in [3.63, 3.8) is 0 Å². The lowest BCUT2D eigenvalue weighted by Gasteiger charge is -2.46. The molecule has 28 heavy (non-hydrogen) atoms. The molecule has 1 unspecified atom stereocenters. The van der Waals surface area contributed by atoms with Gasteiger partial charge in [0.1, 0.15) is 12.4 Å². The van der Waals surface area contributed by atoms with Crippen molar-refractivity contribution < 1.29 is 24.1 Å². The number of rotatable bonds is 4. The van der Waals surface area contributed by atoms with E-state index >= 15 is 0 Å². The molecule has 5 fully saturated rings. The molecule has 154 valence electrons. The van der Waals surface area contributed by atoms with Crippen molar-refractivity contribution in [3.05, 3.63) is 24.3 Å². The van der Waals surface area contributed by atoms with E-state index in [0.29, 0.717) is 6.42 Å². The Morgan fingerprint density at radius 2 is 2.11 bits per heavy atom. The standard InChI is InChI=1S/C23H32O5/c1-13(2)17-18-20(4)16(27-12-26-5)7-9-23(18,28-19(20)24)15-6-8-22(25)11-21(15,17)10-14(22)3/h15-18,25H,1,3,6-12H2,2,4-5H3/t15-,16+,17?,18-,20-,21+,22+,23-/m1/s1. The molecule has 5 rings (SSSR count). The maximum Gasteiger partial charge on any atom is 0.315 e. The van der Waals surface area contributed by atoms with Gasteiger partial charge in [-0.25, -0.2) is 0 Å². The van der Waals surface area contributed by atoms with Crippen LogP contribution in [0.2, 0.25) is 0 Å². The van der Waals surface area contributed by atoms with E-state index in [1.807, 2.05) is 6.92 Å². The fourth-order valence-corrected chi connectivity index (χ4v) is 8.42. The zero-order chi connectivity index (χ0) is 20.1. The highest BCUT2D eigenvalue weighted by Gasteiger charge is 2.83. The molecule has 4 saturated carbocycles. The largest absolute Gasteiger partial charge is 0.458 e. The number of esters is 1. The number of fused-ring (bicyclic) bond motifs is 1. The fourth-order valence-electron chi connectivity index (χ4n) is 8.42. The van der Waals surface area contributed by atoms with Gasteiger partial charge in [-0.3, -0.25) is 4.79 Å². The zero-order valence-electron chi connectivity index (χ0n) is 17.3. The van der Waals surface area contributed by atoms with E-state index in [0.717, 1.165) is 43.3 Å². The van der Waals surface area contributed by atoms with Crippen molar-refractivity contribution in [1.29, 1.82) is 0 Å². The van der Waals surface area contributed by atoms with Crippen molar-refractivity contribution in [3.8, 4) is 0 Å². The van der Waals surface area contributed by atoms with Gasteiger partial charge in [-0.15, -0.1) is 0 Å². The molecule has 1 saturated heterocycles. The Balaban J connectivity index is 1.67. The number of hydrogen-bond donors (Lipinski definition) is 1. The number of methoxy groups -OCH3 is 1. The smallest absolute Gasteiger partial charge is 0.315 e. The van der Waals surface area contributed by atoms with Gasteiger partial charge >= 0.3 is 5.97 Å². The molecule has 1 aliphatic heterocycles. The minimum atomic E-state index is -0.773. The number of ether oxygens (including phenoxy) is 3. The Bertz CT molecular complexity index is 775. The summed E-state index contributed by atoms with van der Waals surface area (Å²) in [5, 5.41) is 11.2. The Morgan fingerprint density at radius 1 is 1.36 bits per heavy atom. The van der Waals surface area contributed by atoms with E-state index in [4.69, 9.17) is 14.2 Å². The maximum absolute atomic E-state index is 13.3. The van der Waals surface area contributed by atoms with Crippen LogP contribution >= 0.6 is 0 Å². The second kappa shape index (κ2) is 5.50. The third-order valence-electron chi connectivity index (χ3n) is 9.18. The molecular formula is C23H32O5. The number of aliphatic hydroxyl groups is 1. The number of carbonyl (C=O) groups is 1. The summed E-state index contributed by atoms with van der Waals surface area (Å²) in [7, 11) is 1.60. The van der Waals surface area contributed by atoms with Gasteiger partial charge in [0.25, 0.3) is 0 Å². The molecule has 4 bridgehead atoms. The molecule has 5 heteroatoms. The molecule has 1 spiro atoms. The Morgan fingerprint density at radius 3 is 2.79 bits per heavy atom. The average Bonchev–Trinajstić information content (AvgIpc) is 3.04. The van der Waals surface area contributed by atoms with E-state index < -0.39 is 16.6 Å². The minimum Gasteiger partial charge on any atom is -0.458 e. The summed E-state index contributed by atoms with van der Waals surface area (Å²) < 4.78 is 17.5. The molecular weight excluding hydrogens is 356 g/mol. The number of allylic oxidation sites excluding steroid dienone is 1. The minimum absolute atomic E-state index is 0.0267. The van der Waals surface area contributed by atoms with Gasteiger partial charge in [0.05, 0.1) is 17.1 Å². The summed E-state index contributed by atoms with van der Waals surface area (Å²) in [5.41, 5.74) is -0.0185. The van der Waals surface area contributed by atoms with E-state index in [9.17, 15) is 9.90 Å². The number of carbonyl (C=O) groups excluding carboxylic acids is 1. The van der Waals surface area contributed by atoms with Crippen molar-refractivity contribution in [2.24, 2.45) is 28.6 Å². The van der Waals surface area contributed by atoms with Gasteiger partial charge in [0, 0.05) is 18.9 Å². The zero-order valence-corrected chi connectivity index (χ0v) is 17.3. The summed E-state index contributed by atoms with van der Waals surface area (Å²) in [4.78, 5) is 13.3. The average molecular weight is 389 g/mol. The summed E-state index contributed by atoms with van der Waals surface area (Å²) in [5.74, 6) is 0.267. The first-order valence-corrected chi connectivity index (χ1v) is 10.6. The number of hydrogen-bond acceptors (Lipinski definition) is 5. The van der Waals surface area contributed by atoms with E-state index in [1.54, 1.807) is 7.11 Å². The van der Waals surface area contributed by atoms with Crippen LogP contribution in [0.3, 0.4) is 0 Å². The molecule has 8 atom stereocenters. The molecule has 0 aromatic rings. The highest BCUT2D eigenvalue weighted by molar-refractivity contribution is 5.82. The second-order valence-corrected chi connectivity index (χ2v) is 10.3. The van der Waals surface area contributed by atoms with E-state index in [2.05, 4.69) is 20.1 Å². The third-order valence-corrected chi connectivity index (χ3v) is 9.18. The predicted molar refractivity (Wildman–Crippen MR) is 103 cm³/mol. The lowest BCUT2D eigenvalue weighted by molar-refractivity contribution is -0.166. The predicted octanol–water partition coefficient (Wildman–Crippen LogP) is 3.37. The van der Waals surface area contributed by atoms with Crippen LogP contribution in [-0.2, 0) is 19.0 Å². The molecule has 4 aliphatic carbocycles. The first-order chi connectivity index (χ1) is 13.2. The summed E-state index contributed by atoms with van der Waals surface area (Å²) >= 11 is 0. The van der Waals surface area contributed by atoms with Crippen LogP contribution in [0.15, 0.2) is 24.3 Å². The topological polar surface area (TPSA) is 65.0 Å². The quantitative estimate of drug-likeness (QED) is 0.454. The molecule has 1 heterocycles. The van der Waals surface area contributed by atoms with Gasteiger partial charge in [0.2, 0.25) is 0 Å². The van der Waals surface area contributed by atoms with Crippen LogP contribution < -0.4 is 0 Å². The fraction of sp³-hybridized carbons (Fsp3) is 0.783. The highest BCUT2D eigenvalue weighted by Crippen LogP contribution is 2.79. The van der Waals surface area contributed by atoms with Gasteiger partial charge in [-0.05, 0) is 69.3 Å². The van der Waals surface area contributed by atoms with E-state index in [-0.39, 0.29) is 42.0 Å². The highest BCUT2D eigenvalue weighted by atomic mass is 16.7. The second-order valence-electron chi connectivity index (χ2n) is 10.3. The van der Waals surface area contributed by atoms with Crippen LogP contribution in [0.25, 0.3) is 0 Å². The Labute approximate surface area is 167 Å². The normalized spacial score (nSPS) is 53.7. The van der Waals surface area contributed by atoms with Crippen LogP contribution in [0.1, 0.15) is 52.4 Å². The first-order valence-electron chi connectivity index (χ1n) is 10.6. The van der Waals surface area contributed by atoms with Gasteiger partial charge < -0.3 is 19.3 Å². The molecule has 5 nitrogen and oxygen atoms in total. The molecule has 0 amide bonds. The van der Waals surface area contributed by atoms with Crippen LogP contribution in [0, 0.1) is 28.6 Å². The monoisotopic (exact) mass is 388 g/mol. The lowest BCUT2D eigenvalue weighted by Crippen LogP contribution is -2.53. The molecule has 0 radical (unpaired) electrons.